The predicted octanol–water partition coefficient (Wildman–Crippen LogP) is 4.02. The molecule has 0 saturated carbocycles. The molecule has 3 aromatic carbocycles. The van der Waals surface area contributed by atoms with Gasteiger partial charge in [-0.05, 0) is 47.9 Å². The van der Waals surface area contributed by atoms with Gasteiger partial charge in [-0.1, -0.05) is 66.4 Å². The maximum absolute atomic E-state index is 12.3. The fourth-order valence-corrected chi connectivity index (χ4v) is 3.75. The SMILES string of the molecule is C/C(=N\Nc1nnc(SCC(=O)Nc2ccccc2C)n1N)c1ccc2ccccc2c1. The molecule has 1 amide bonds. The molecule has 32 heavy (non-hydrogen) atoms. The van der Waals surface area contributed by atoms with E-state index in [-0.39, 0.29) is 17.6 Å². The normalized spacial score (nSPS) is 11.5. The molecule has 9 heteroatoms. The highest BCUT2D eigenvalue weighted by Crippen LogP contribution is 2.19. The number of benzene rings is 3. The molecule has 4 N–H and O–H groups in total. The molecular formula is C23H23N7OS. The third-order valence-electron chi connectivity index (χ3n) is 4.91. The molecule has 1 aromatic heterocycles. The standard InChI is InChI=1S/C23H23N7OS/c1-15-7-3-6-10-20(15)25-21(31)14-32-23-29-28-22(30(23)24)27-26-16(2)18-12-11-17-8-4-5-9-19(17)13-18/h3-13H,14,24H2,1-2H3,(H,25,31)(H,27,28)/b26-16+. The van der Waals surface area contributed by atoms with Crippen molar-refractivity contribution in [3.8, 4) is 0 Å². The molecule has 4 rings (SSSR count). The van der Waals surface area contributed by atoms with Crippen molar-refractivity contribution in [3.63, 3.8) is 0 Å². The van der Waals surface area contributed by atoms with Crippen LogP contribution in [0.4, 0.5) is 11.6 Å². The highest BCUT2D eigenvalue weighted by atomic mass is 32.2. The molecule has 0 saturated heterocycles. The largest absolute Gasteiger partial charge is 0.334 e. The summed E-state index contributed by atoms with van der Waals surface area (Å²) in [7, 11) is 0. The Labute approximate surface area is 189 Å². The second-order valence-corrected chi connectivity index (χ2v) is 8.14. The number of aryl methyl sites for hydroxylation is 1. The van der Waals surface area contributed by atoms with Gasteiger partial charge in [0.25, 0.3) is 5.95 Å². The van der Waals surface area contributed by atoms with Crippen LogP contribution < -0.4 is 16.6 Å². The number of carbonyl (C=O) groups excluding carboxylic acids is 1. The van der Waals surface area contributed by atoms with Crippen LogP contribution in [0.1, 0.15) is 18.1 Å². The Balaban J connectivity index is 1.37. The van der Waals surface area contributed by atoms with Crippen molar-refractivity contribution >= 4 is 45.8 Å². The van der Waals surface area contributed by atoms with E-state index in [2.05, 4.69) is 50.3 Å². The number of nitrogens with one attached hydrogen (secondary N) is 2. The topological polar surface area (TPSA) is 110 Å². The number of hydrogen-bond donors (Lipinski definition) is 3. The number of hydrogen-bond acceptors (Lipinski definition) is 7. The Kier molecular flexibility index (Phi) is 6.37. The van der Waals surface area contributed by atoms with E-state index in [4.69, 9.17) is 5.84 Å². The molecule has 0 aliphatic heterocycles. The first kappa shape index (κ1) is 21.4. The van der Waals surface area contributed by atoms with Crippen molar-refractivity contribution in [2.24, 2.45) is 5.10 Å². The summed E-state index contributed by atoms with van der Waals surface area (Å²) in [5.74, 6) is 6.37. The molecule has 0 fully saturated rings. The second-order valence-electron chi connectivity index (χ2n) is 7.20. The van der Waals surface area contributed by atoms with Gasteiger partial charge in [0.05, 0.1) is 11.5 Å². The Morgan fingerprint density at radius 2 is 1.81 bits per heavy atom. The number of nitrogen functional groups attached to an aromatic ring is 1. The number of aromatic nitrogens is 3. The highest BCUT2D eigenvalue weighted by Gasteiger charge is 2.13. The van der Waals surface area contributed by atoms with Crippen molar-refractivity contribution < 1.29 is 4.79 Å². The summed E-state index contributed by atoms with van der Waals surface area (Å²) < 4.78 is 1.28. The van der Waals surface area contributed by atoms with E-state index >= 15 is 0 Å². The highest BCUT2D eigenvalue weighted by molar-refractivity contribution is 7.99. The lowest BCUT2D eigenvalue weighted by molar-refractivity contribution is -0.113. The minimum absolute atomic E-state index is 0.146. The lowest BCUT2D eigenvalue weighted by atomic mass is 10.0. The first-order valence-electron chi connectivity index (χ1n) is 9.99. The van der Waals surface area contributed by atoms with Crippen molar-refractivity contribution in [1.29, 1.82) is 0 Å². The van der Waals surface area contributed by atoms with Crippen molar-refractivity contribution in [1.82, 2.24) is 14.9 Å². The maximum atomic E-state index is 12.3. The molecular weight excluding hydrogens is 422 g/mol. The molecule has 0 aliphatic rings. The van der Waals surface area contributed by atoms with Gasteiger partial charge in [-0.15, -0.1) is 10.2 Å². The first-order chi connectivity index (χ1) is 15.5. The van der Waals surface area contributed by atoms with Crippen molar-refractivity contribution in [3.05, 3.63) is 77.9 Å². The molecule has 0 unspecified atom stereocenters. The second kappa shape index (κ2) is 9.52. The minimum atomic E-state index is -0.146. The summed E-state index contributed by atoms with van der Waals surface area (Å²) in [6.45, 7) is 3.84. The van der Waals surface area contributed by atoms with Gasteiger partial charge in [0, 0.05) is 5.69 Å². The zero-order valence-corrected chi connectivity index (χ0v) is 18.6. The average molecular weight is 446 g/mol. The van der Waals surface area contributed by atoms with E-state index in [9.17, 15) is 4.79 Å². The Morgan fingerprint density at radius 3 is 2.62 bits per heavy atom. The van der Waals surface area contributed by atoms with E-state index in [1.54, 1.807) is 0 Å². The fourth-order valence-electron chi connectivity index (χ4n) is 3.09. The van der Waals surface area contributed by atoms with E-state index < -0.39 is 0 Å². The monoisotopic (exact) mass is 445 g/mol. The van der Waals surface area contributed by atoms with Gasteiger partial charge >= 0.3 is 0 Å². The summed E-state index contributed by atoms with van der Waals surface area (Å²) in [6.07, 6.45) is 0. The number of para-hydroxylation sites is 1. The van der Waals surface area contributed by atoms with Crippen LogP contribution in [-0.2, 0) is 4.79 Å². The third-order valence-corrected chi connectivity index (χ3v) is 5.85. The van der Waals surface area contributed by atoms with Crippen LogP contribution >= 0.6 is 11.8 Å². The smallest absolute Gasteiger partial charge is 0.264 e. The van der Waals surface area contributed by atoms with Crippen LogP contribution in [0.15, 0.2) is 77.0 Å². The summed E-state index contributed by atoms with van der Waals surface area (Å²) in [5.41, 5.74) is 6.41. The Morgan fingerprint density at radius 1 is 1.06 bits per heavy atom. The van der Waals surface area contributed by atoms with Gasteiger partial charge in [-0.25, -0.2) is 10.1 Å². The van der Waals surface area contributed by atoms with Crippen LogP contribution in [-0.4, -0.2) is 32.2 Å². The van der Waals surface area contributed by atoms with Crippen LogP contribution in [0.3, 0.4) is 0 Å². The van der Waals surface area contributed by atoms with E-state index in [0.29, 0.717) is 5.16 Å². The number of thioether (sulfide) groups is 1. The van der Waals surface area contributed by atoms with Crippen LogP contribution in [0.5, 0.6) is 0 Å². The molecule has 0 bridgehead atoms. The first-order valence-corrected chi connectivity index (χ1v) is 11.0. The molecule has 1 heterocycles. The minimum Gasteiger partial charge on any atom is -0.334 e. The average Bonchev–Trinajstić information content (AvgIpc) is 3.16. The summed E-state index contributed by atoms with van der Waals surface area (Å²) >= 11 is 1.20. The number of carbonyl (C=O) groups is 1. The summed E-state index contributed by atoms with van der Waals surface area (Å²) in [6, 6.07) is 21.9. The number of nitrogens with zero attached hydrogens (tertiary/aromatic N) is 4. The number of amides is 1. The molecule has 0 aliphatic carbocycles. The zero-order chi connectivity index (χ0) is 22.5. The van der Waals surface area contributed by atoms with Crippen molar-refractivity contribution in [2.75, 3.05) is 22.3 Å². The van der Waals surface area contributed by atoms with Crippen molar-refractivity contribution in [2.45, 2.75) is 19.0 Å². The van der Waals surface area contributed by atoms with E-state index in [0.717, 1.165) is 27.9 Å². The maximum Gasteiger partial charge on any atom is 0.264 e. The molecule has 0 atom stereocenters. The quantitative estimate of drug-likeness (QED) is 0.172. The number of hydrazone groups is 1. The predicted molar refractivity (Wildman–Crippen MR) is 130 cm³/mol. The summed E-state index contributed by atoms with van der Waals surface area (Å²) in [4.78, 5) is 12.3. The lowest BCUT2D eigenvalue weighted by Crippen LogP contribution is -2.17. The van der Waals surface area contributed by atoms with Gasteiger partial charge in [0.15, 0.2) is 0 Å². The fraction of sp³-hybridized carbons (Fsp3) is 0.130. The molecule has 162 valence electrons. The molecule has 4 aromatic rings. The Hall–Kier alpha value is -3.85. The van der Waals surface area contributed by atoms with Gasteiger partial charge in [-0.3, -0.25) is 4.79 Å². The van der Waals surface area contributed by atoms with Gasteiger partial charge < -0.3 is 11.2 Å². The van der Waals surface area contributed by atoms with E-state index in [1.165, 1.54) is 21.8 Å². The van der Waals surface area contributed by atoms with Gasteiger partial charge in [-0.2, -0.15) is 5.10 Å². The number of rotatable bonds is 7. The molecule has 0 spiro atoms. The lowest BCUT2D eigenvalue weighted by Gasteiger charge is -2.08. The van der Waals surface area contributed by atoms with Gasteiger partial charge in [0.1, 0.15) is 0 Å². The number of fused-ring (bicyclic) bond motifs is 1. The van der Waals surface area contributed by atoms with Crippen LogP contribution in [0, 0.1) is 6.92 Å². The Bertz CT molecular complexity index is 1300. The molecule has 0 radical (unpaired) electrons. The van der Waals surface area contributed by atoms with Crippen LogP contribution in [0.2, 0.25) is 0 Å². The summed E-state index contributed by atoms with van der Waals surface area (Å²) in [5, 5.41) is 18.1. The van der Waals surface area contributed by atoms with E-state index in [1.807, 2.05) is 56.3 Å². The third kappa shape index (κ3) is 4.89. The number of nitrogens with two attached hydrogens (primary N) is 1. The zero-order valence-electron chi connectivity index (χ0n) is 17.7. The molecule has 8 nitrogen and oxygen atoms in total. The van der Waals surface area contributed by atoms with Gasteiger partial charge in [0.2, 0.25) is 11.1 Å². The van der Waals surface area contributed by atoms with Crippen LogP contribution in [0.25, 0.3) is 10.8 Å². The number of anilines is 2.